The molecule has 2 aliphatic rings. The van der Waals surface area contributed by atoms with Crippen LogP contribution < -0.4 is 10.2 Å². The maximum absolute atomic E-state index is 13.5. The van der Waals surface area contributed by atoms with Crippen LogP contribution in [-0.4, -0.2) is 50.6 Å². The predicted octanol–water partition coefficient (Wildman–Crippen LogP) is 3.15. The number of likely N-dealkylation sites (tertiary alicyclic amines) is 1. The van der Waals surface area contributed by atoms with Gasteiger partial charge in [0.15, 0.2) is 0 Å². The van der Waals surface area contributed by atoms with Crippen molar-refractivity contribution in [3.8, 4) is 5.75 Å². The van der Waals surface area contributed by atoms with E-state index in [1.807, 2.05) is 47.7 Å². The molecule has 8 heteroatoms. The third kappa shape index (κ3) is 3.83. The number of thioether (sulfide) groups is 1. The van der Waals surface area contributed by atoms with Gasteiger partial charge >= 0.3 is 0 Å². The topological polar surface area (TPSA) is 72.3 Å². The number of rotatable bonds is 4. The lowest BCUT2D eigenvalue weighted by atomic mass is 10.0. The molecule has 3 heterocycles. The maximum atomic E-state index is 13.5. The molecule has 0 radical (unpaired) electrons. The number of carbonyl (C=O) groups is 1. The van der Waals surface area contributed by atoms with Crippen molar-refractivity contribution in [1.82, 2.24) is 19.8 Å². The van der Waals surface area contributed by atoms with Crippen LogP contribution in [0, 0.1) is 6.92 Å². The molecule has 150 valence electrons. The number of nitrogens with zero attached hydrogens (tertiary/aromatic N) is 4. The van der Waals surface area contributed by atoms with Gasteiger partial charge in [-0.2, -0.15) is 0 Å². The summed E-state index contributed by atoms with van der Waals surface area (Å²) in [5, 5.41) is 8.88. The summed E-state index contributed by atoms with van der Waals surface area (Å²) in [5.41, 5.74) is 4.54. The van der Waals surface area contributed by atoms with Crippen molar-refractivity contribution in [3.63, 3.8) is 0 Å². The number of carbonyl (C=O) groups excluding carboxylic acids is 1. The van der Waals surface area contributed by atoms with Gasteiger partial charge in [0.1, 0.15) is 16.8 Å². The van der Waals surface area contributed by atoms with Gasteiger partial charge in [0.25, 0.3) is 0 Å². The Bertz CT molecular complexity index is 815. The van der Waals surface area contributed by atoms with Crippen molar-refractivity contribution in [2.75, 3.05) is 25.1 Å². The second-order valence-corrected chi connectivity index (χ2v) is 8.36. The number of aryl methyl sites for hydroxylation is 1. The van der Waals surface area contributed by atoms with Gasteiger partial charge in [-0.1, -0.05) is 36.7 Å². The predicted molar refractivity (Wildman–Crippen MR) is 109 cm³/mol. The van der Waals surface area contributed by atoms with Gasteiger partial charge in [-0.15, -0.1) is 10.2 Å². The van der Waals surface area contributed by atoms with E-state index in [0.29, 0.717) is 6.61 Å². The number of hydrogen-bond acceptors (Lipinski definition) is 6. The summed E-state index contributed by atoms with van der Waals surface area (Å²) in [6, 6.07) is 7.85. The fraction of sp³-hybridized carbons (Fsp3) is 0.550. The molecule has 1 N–H and O–H groups in total. The maximum Gasteiger partial charge on any atom is 0.238 e. The van der Waals surface area contributed by atoms with E-state index in [9.17, 15) is 4.79 Å². The Labute approximate surface area is 169 Å². The lowest BCUT2D eigenvalue weighted by Gasteiger charge is -2.35. The summed E-state index contributed by atoms with van der Waals surface area (Å²) in [6.45, 7) is 6.21. The fourth-order valence-corrected chi connectivity index (χ4v) is 5.02. The molecule has 2 aliphatic heterocycles. The van der Waals surface area contributed by atoms with E-state index in [4.69, 9.17) is 4.74 Å². The van der Waals surface area contributed by atoms with E-state index < -0.39 is 0 Å². The van der Waals surface area contributed by atoms with Crippen LogP contribution in [0.1, 0.15) is 50.0 Å². The molecule has 0 unspecified atom stereocenters. The lowest BCUT2D eigenvalue weighted by Crippen LogP contribution is -2.46. The van der Waals surface area contributed by atoms with Crippen LogP contribution in [0.15, 0.2) is 29.4 Å². The molecule has 4 rings (SSSR count). The van der Waals surface area contributed by atoms with Crippen molar-refractivity contribution in [2.24, 2.45) is 0 Å². The summed E-state index contributed by atoms with van der Waals surface area (Å²) < 4.78 is 7.46. The molecule has 0 aliphatic carbocycles. The lowest BCUT2D eigenvalue weighted by molar-refractivity contribution is -0.131. The molecule has 1 amide bonds. The zero-order chi connectivity index (χ0) is 19.5. The van der Waals surface area contributed by atoms with Crippen LogP contribution in [0.4, 0.5) is 0 Å². The van der Waals surface area contributed by atoms with Crippen molar-refractivity contribution in [1.29, 1.82) is 0 Å². The van der Waals surface area contributed by atoms with Gasteiger partial charge in [-0.3, -0.25) is 4.79 Å². The van der Waals surface area contributed by atoms with Crippen LogP contribution in [0.25, 0.3) is 0 Å². The molecule has 28 heavy (non-hydrogen) atoms. The average Bonchev–Trinajstić information content (AvgIpc) is 2.92. The molecular formula is C20H27N5O2S. The molecule has 2 aromatic rings. The highest BCUT2D eigenvalue weighted by atomic mass is 32.2. The van der Waals surface area contributed by atoms with E-state index in [0.717, 1.165) is 48.2 Å². The molecule has 1 aromatic carbocycles. The zero-order valence-corrected chi connectivity index (χ0v) is 17.2. The molecular weight excluding hydrogens is 374 g/mol. The Balaban J connectivity index is 1.63. The van der Waals surface area contributed by atoms with Gasteiger partial charge in [-0.05, 0) is 44.4 Å². The fourth-order valence-electron chi connectivity index (χ4n) is 3.81. The molecule has 1 aromatic heterocycles. The molecule has 7 nitrogen and oxygen atoms in total. The van der Waals surface area contributed by atoms with Gasteiger partial charge in [-0.25, -0.2) is 4.68 Å². The van der Waals surface area contributed by atoms with E-state index in [-0.39, 0.29) is 17.2 Å². The van der Waals surface area contributed by atoms with Crippen molar-refractivity contribution in [3.05, 3.63) is 35.7 Å². The Morgan fingerprint density at radius 3 is 2.57 bits per heavy atom. The van der Waals surface area contributed by atoms with Crippen molar-refractivity contribution in [2.45, 2.75) is 56.0 Å². The standard InChI is InChI=1S/C20H27N5O2S/c1-3-27-16-10-8-15(9-11-16)17-18(19(26)24-12-6-4-5-7-13-24)28-20-22-21-14(2)25(20)23-17/h8-11,17-18,23H,3-7,12-13H2,1-2H3/t17-,18+/m0/s1. The monoisotopic (exact) mass is 401 g/mol. The van der Waals surface area contributed by atoms with Crippen LogP contribution >= 0.6 is 11.8 Å². The minimum absolute atomic E-state index is 0.154. The van der Waals surface area contributed by atoms with Crippen LogP contribution in [0.2, 0.25) is 0 Å². The van der Waals surface area contributed by atoms with E-state index in [1.165, 1.54) is 24.6 Å². The molecule has 0 saturated carbocycles. The zero-order valence-electron chi connectivity index (χ0n) is 16.4. The largest absolute Gasteiger partial charge is 0.494 e. The van der Waals surface area contributed by atoms with Crippen LogP contribution in [0.5, 0.6) is 5.75 Å². The van der Waals surface area contributed by atoms with Gasteiger partial charge in [0.05, 0.1) is 12.6 Å². The summed E-state index contributed by atoms with van der Waals surface area (Å²) in [7, 11) is 0. The summed E-state index contributed by atoms with van der Waals surface area (Å²) in [5.74, 6) is 1.82. The van der Waals surface area contributed by atoms with E-state index in [2.05, 4.69) is 15.6 Å². The van der Waals surface area contributed by atoms with Crippen molar-refractivity contribution >= 4 is 17.7 Å². The molecule has 0 spiro atoms. The SMILES string of the molecule is CCOc1ccc([C@@H]2Nn3c(C)nnc3S[C@H]2C(=O)N2CCCCCC2)cc1. The van der Waals surface area contributed by atoms with Crippen LogP contribution in [-0.2, 0) is 4.79 Å². The number of benzene rings is 1. The van der Waals surface area contributed by atoms with E-state index >= 15 is 0 Å². The minimum Gasteiger partial charge on any atom is -0.494 e. The first-order valence-corrected chi connectivity index (χ1v) is 10.9. The number of amides is 1. The average molecular weight is 402 g/mol. The number of aromatic nitrogens is 3. The number of hydrogen-bond donors (Lipinski definition) is 1. The highest BCUT2D eigenvalue weighted by molar-refractivity contribution is 8.00. The Morgan fingerprint density at radius 2 is 1.89 bits per heavy atom. The van der Waals surface area contributed by atoms with Gasteiger partial charge < -0.3 is 15.1 Å². The Hall–Kier alpha value is -2.22. The van der Waals surface area contributed by atoms with Crippen LogP contribution in [0.3, 0.4) is 0 Å². The summed E-state index contributed by atoms with van der Waals surface area (Å²) in [6.07, 6.45) is 4.57. The second kappa shape index (κ2) is 8.43. The number of ether oxygens (including phenoxy) is 1. The Morgan fingerprint density at radius 1 is 1.18 bits per heavy atom. The highest BCUT2D eigenvalue weighted by Gasteiger charge is 2.39. The second-order valence-electron chi connectivity index (χ2n) is 7.25. The minimum atomic E-state index is -0.271. The summed E-state index contributed by atoms with van der Waals surface area (Å²) >= 11 is 1.51. The smallest absolute Gasteiger partial charge is 0.238 e. The number of nitrogens with one attached hydrogen (secondary N) is 1. The normalized spacial score (nSPS) is 22.1. The molecule has 1 saturated heterocycles. The first-order valence-electron chi connectivity index (χ1n) is 10.0. The highest BCUT2D eigenvalue weighted by Crippen LogP contribution is 2.38. The van der Waals surface area contributed by atoms with Gasteiger partial charge in [0, 0.05) is 13.1 Å². The molecule has 0 bridgehead atoms. The molecule has 1 fully saturated rings. The van der Waals surface area contributed by atoms with E-state index in [1.54, 1.807) is 0 Å². The Kier molecular flexibility index (Phi) is 5.75. The third-order valence-electron chi connectivity index (χ3n) is 5.31. The first-order chi connectivity index (χ1) is 13.7. The molecule has 2 atom stereocenters. The first kappa shape index (κ1) is 19.1. The quantitative estimate of drug-likeness (QED) is 0.849. The van der Waals surface area contributed by atoms with Crippen molar-refractivity contribution < 1.29 is 9.53 Å². The third-order valence-corrected chi connectivity index (χ3v) is 6.51. The van der Waals surface area contributed by atoms with Gasteiger partial charge in [0.2, 0.25) is 11.1 Å². The number of fused-ring (bicyclic) bond motifs is 1. The summed E-state index contributed by atoms with van der Waals surface area (Å²) in [4.78, 5) is 15.5.